The fourth-order valence-electron chi connectivity index (χ4n) is 1.36. The van der Waals surface area contributed by atoms with E-state index in [-0.39, 0.29) is 6.04 Å². The van der Waals surface area contributed by atoms with Gasteiger partial charge in [-0.1, -0.05) is 0 Å². The van der Waals surface area contributed by atoms with Crippen LogP contribution in [0, 0.1) is 0 Å². The lowest BCUT2D eigenvalue weighted by atomic mass is 10.3. The van der Waals surface area contributed by atoms with Crippen molar-refractivity contribution >= 4 is 0 Å². The third-order valence-electron chi connectivity index (χ3n) is 2.22. The Kier molecular flexibility index (Phi) is 1.60. The van der Waals surface area contributed by atoms with Gasteiger partial charge >= 0.3 is 0 Å². The summed E-state index contributed by atoms with van der Waals surface area (Å²) in [6.45, 7) is 4.03. The molecule has 0 saturated heterocycles. The Hall–Kier alpha value is -0.990. The van der Waals surface area contributed by atoms with Gasteiger partial charge in [0, 0.05) is 12.0 Å². The Bertz CT molecular complexity index is 287. The van der Waals surface area contributed by atoms with E-state index in [4.69, 9.17) is 0 Å². The first kappa shape index (κ1) is 7.65. The maximum atomic E-state index is 9.48. The van der Waals surface area contributed by atoms with E-state index < -0.39 is 0 Å². The van der Waals surface area contributed by atoms with Gasteiger partial charge in [-0.25, -0.2) is 4.68 Å². The van der Waals surface area contributed by atoms with Crippen LogP contribution in [0.5, 0.6) is 5.88 Å². The molecule has 12 heavy (non-hydrogen) atoms. The summed E-state index contributed by atoms with van der Waals surface area (Å²) in [5.41, 5.74) is 1.06. The molecule has 0 atom stereocenters. The highest BCUT2D eigenvalue weighted by Crippen LogP contribution is 2.40. The van der Waals surface area contributed by atoms with Gasteiger partial charge in [0.2, 0.25) is 5.88 Å². The molecule has 1 heterocycles. The lowest BCUT2D eigenvalue weighted by molar-refractivity contribution is 0.377. The van der Waals surface area contributed by atoms with Gasteiger partial charge in [0.15, 0.2) is 0 Å². The highest BCUT2D eigenvalue weighted by atomic mass is 16.3. The van der Waals surface area contributed by atoms with E-state index in [1.54, 1.807) is 10.7 Å². The molecule has 1 fully saturated rings. The third-order valence-corrected chi connectivity index (χ3v) is 2.22. The highest BCUT2D eigenvalue weighted by molar-refractivity contribution is 5.21. The molecule has 3 nitrogen and oxygen atoms in total. The van der Waals surface area contributed by atoms with Crippen LogP contribution >= 0.6 is 0 Å². The molecule has 0 unspecified atom stereocenters. The van der Waals surface area contributed by atoms with E-state index in [0.717, 1.165) is 5.69 Å². The smallest absolute Gasteiger partial charge is 0.209 e. The van der Waals surface area contributed by atoms with Crippen molar-refractivity contribution in [1.29, 1.82) is 0 Å². The molecule has 1 aromatic heterocycles. The summed E-state index contributed by atoms with van der Waals surface area (Å²) in [4.78, 5) is 0. The van der Waals surface area contributed by atoms with E-state index in [2.05, 4.69) is 5.10 Å². The normalized spacial score (nSPS) is 17.2. The van der Waals surface area contributed by atoms with Crippen LogP contribution in [0.25, 0.3) is 0 Å². The second-order valence-corrected chi connectivity index (χ2v) is 3.74. The van der Waals surface area contributed by atoms with Crippen molar-refractivity contribution in [3.05, 3.63) is 11.8 Å². The average molecular weight is 166 g/mol. The molecule has 1 aliphatic carbocycles. The van der Waals surface area contributed by atoms with Crippen molar-refractivity contribution in [2.75, 3.05) is 0 Å². The Morgan fingerprint density at radius 3 is 2.67 bits per heavy atom. The second kappa shape index (κ2) is 2.51. The SMILES string of the molecule is CC(C)n1nc(C2CC2)cc1O. The second-order valence-electron chi connectivity index (χ2n) is 3.74. The molecule has 0 aromatic carbocycles. The lowest BCUT2D eigenvalue weighted by Gasteiger charge is -2.05. The van der Waals surface area contributed by atoms with Crippen LogP contribution in [0.1, 0.15) is 44.3 Å². The van der Waals surface area contributed by atoms with E-state index >= 15 is 0 Å². The van der Waals surface area contributed by atoms with Crippen LogP contribution in [-0.4, -0.2) is 14.9 Å². The minimum atomic E-state index is 0.248. The molecule has 0 spiro atoms. The molecular weight excluding hydrogens is 152 g/mol. The van der Waals surface area contributed by atoms with E-state index in [9.17, 15) is 5.11 Å². The molecule has 2 rings (SSSR count). The van der Waals surface area contributed by atoms with E-state index in [1.165, 1.54) is 12.8 Å². The minimum Gasteiger partial charge on any atom is -0.493 e. The maximum Gasteiger partial charge on any atom is 0.209 e. The van der Waals surface area contributed by atoms with Crippen molar-refractivity contribution in [3.8, 4) is 5.88 Å². The van der Waals surface area contributed by atoms with Crippen LogP contribution < -0.4 is 0 Å². The van der Waals surface area contributed by atoms with Crippen molar-refractivity contribution in [3.63, 3.8) is 0 Å². The maximum absolute atomic E-state index is 9.48. The summed E-state index contributed by atoms with van der Waals surface area (Å²) in [6.07, 6.45) is 2.46. The van der Waals surface area contributed by atoms with Gasteiger partial charge in [0.1, 0.15) is 0 Å². The van der Waals surface area contributed by atoms with Crippen LogP contribution in [0.15, 0.2) is 6.07 Å². The molecule has 1 aromatic rings. The van der Waals surface area contributed by atoms with Crippen LogP contribution in [0.2, 0.25) is 0 Å². The largest absolute Gasteiger partial charge is 0.493 e. The number of aromatic hydroxyl groups is 1. The molecule has 0 bridgehead atoms. The fraction of sp³-hybridized carbons (Fsp3) is 0.667. The Morgan fingerprint density at radius 2 is 2.25 bits per heavy atom. The van der Waals surface area contributed by atoms with Gasteiger partial charge in [-0.15, -0.1) is 0 Å². The summed E-state index contributed by atoms with van der Waals surface area (Å²) in [7, 11) is 0. The molecule has 66 valence electrons. The number of aromatic nitrogens is 2. The first-order valence-electron chi connectivity index (χ1n) is 4.47. The van der Waals surface area contributed by atoms with Gasteiger partial charge in [-0.05, 0) is 26.7 Å². The molecule has 1 saturated carbocycles. The van der Waals surface area contributed by atoms with Gasteiger partial charge in [0.25, 0.3) is 0 Å². The van der Waals surface area contributed by atoms with Crippen molar-refractivity contribution < 1.29 is 5.11 Å². The summed E-state index contributed by atoms with van der Waals surface area (Å²) in [5, 5.41) is 13.8. The summed E-state index contributed by atoms with van der Waals surface area (Å²) < 4.78 is 1.67. The third kappa shape index (κ3) is 1.19. The topological polar surface area (TPSA) is 38.0 Å². The Labute approximate surface area is 72.0 Å². The van der Waals surface area contributed by atoms with Crippen molar-refractivity contribution in [2.24, 2.45) is 0 Å². The number of hydrogen-bond donors (Lipinski definition) is 1. The first-order chi connectivity index (χ1) is 5.68. The molecule has 1 aliphatic rings. The monoisotopic (exact) mass is 166 g/mol. The zero-order valence-electron chi connectivity index (χ0n) is 7.49. The molecule has 0 amide bonds. The predicted molar refractivity (Wildman–Crippen MR) is 46.3 cm³/mol. The quantitative estimate of drug-likeness (QED) is 0.730. The van der Waals surface area contributed by atoms with Gasteiger partial charge < -0.3 is 5.11 Å². The fourth-order valence-corrected chi connectivity index (χ4v) is 1.36. The number of hydrogen-bond acceptors (Lipinski definition) is 2. The van der Waals surface area contributed by atoms with Crippen molar-refractivity contribution in [2.45, 2.75) is 38.6 Å². The number of nitrogens with zero attached hydrogens (tertiary/aromatic N) is 2. The van der Waals surface area contributed by atoms with Crippen LogP contribution in [0.4, 0.5) is 0 Å². The van der Waals surface area contributed by atoms with Crippen LogP contribution in [-0.2, 0) is 0 Å². The van der Waals surface area contributed by atoms with Crippen LogP contribution in [0.3, 0.4) is 0 Å². The number of rotatable bonds is 2. The Balaban J connectivity index is 2.30. The lowest BCUT2D eigenvalue weighted by Crippen LogP contribution is -2.02. The first-order valence-corrected chi connectivity index (χ1v) is 4.47. The summed E-state index contributed by atoms with van der Waals surface area (Å²) in [6, 6.07) is 2.04. The van der Waals surface area contributed by atoms with E-state index in [1.807, 2.05) is 13.8 Å². The molecule has 1 N–H and O–H groups in total. The summed E-state index contributed by atoms with van der Waals surface area (Å²) >= 11 is 0. The molecular formula is C9H14N2O. The van der Waals surface area contributed by atoms with Gasteiger partial charge in [-0.2, -0.15) is 5.10 Å². The predicted octanol–water partition coefficient (Wildman–Crippen LogP) is 2.05. The average Bonchev–Trinajstić information content (AvgIpc) is 2.75. The standard InChI is InChI=1S/C9H14N2O/c1-6(2)11-9(12)5-8(10-11)7-3-4-7/h5-7,12H,3-4H2,1-2H3. The van der Waals surface area contributed by atoms with E-state index in [0.29, 0.717) is 11.8 Å². The van der Waals surface area contributed by atoms with Gasteiger partial charge in [0.05, 0.1) is 11.7 Å². The molecule has 3 heteroatoms. The zero-order valence-corrected chi connectivity index (χ0v) is 7.49. The minimum absolute atomic E-state index is 0.248. The van der Waals surface area contributed by atoms with Crippen molar-refractivity contribution in [1.82, 2.24) is 9.78 Å². The zero-order chi connectivity index (χ0) is 8.72. The highest BCUT2D eigenvalue weighted by Gasteiger charge is 2.27. The molecule has 0 aliphatic heterocycles. The van der Waals surface area contributed by atoms with Gasteiger partial charge in [-0.3, -0.25) is 0 Å². The molecule has 0 radical (unpaired) electrons. The Morgan fingerprint density at radius 1 is 1.58 bits per heavy atom. The summed E-state index contributed by atoms with van der Waals surface area (Å²) in [5.74, 6) is 0.919.